The fourth-order valence-corrected chi connectivity index (χ4v) is 4.17. The Bertz CT molecular complexity index is 1140. The van der Waals surface area contributed by atoms with Gasteiger partial charge in [0, 0.05) is 11.4 Å². The number of hydrogen-bond acceptors (Lipinski definition) is 6. The van der Waals surface area contributed by atoms with E-state index >= 15 is 0 Å². The van der Waals surface area contributed by atoms with Gasteiger partial charge in [0.15, 0.2) is 11.5 Å². The van der Waals surface area contributed by atoms with E-state index in [1.807, 2.05) is 56.3 Å². The summed E-state index contributed by atoms with van der Waals surface area (Å²) >= 11 is 3.58. The molecule has 0 bridgehead atoms. The van der Waals surface area contributed by atoms with Crippen LogP contribution in [0, 0.1) is 0 Å². The van der Waals surface area contributed by atoms with Crippen LogP contribution in [0.4, 0.5) is 11.6 Å². The van der Waals surface area contributed by atoms with Gasteiger partial charge in [-0.2, -0.15) is 10.1 Å². The topological polar surface area (TPSA) is 90.3 Å². The van der Waals surface area contributed by atoms with E-state index < -0.39 is 6.04 Å². The van der Waals surface area contributed by atoms with E-state index in [0.29, 0.717) is 41.0 Å². The van der Waals surface area contributed by atoms with Crippen molar-refractivity contribution in [2.45, 2.75) is 19.9 Å². The van der Waals surface area contributed by atoms with Gasteiger partial charge >= 0.3 is 0 Å². The van der Waals surface area contributed by atoms with Gasteiger partial charge in [-0.3, -0.25) is 4.79 Å². The van der Waals surface area contributed by atoms with Crippen LogP contribution in [0.25, 0.3) is 0 Å². The molecule has 1 aliphatic rings. The van der Waals surface area contributed by atoms with E-state index in [4.69, 9.17) is 9.47 Å². The minimum atomic E-state index is -0.511. The number of anilines is 2. The maximum atomic E-state index is 13.4. The number of hydrogen-bond donors (Lipinski definition) is 2. The van der Waals surface area contributed by atoms with E-state index in [-0.39, 0.29) is 5.91 Å². The lowest BCUT2D eigenvalue weighted by atomic mass is 9.94. The van der Waals surface area contributed by atoms with E-state index in [1.54, 1.807) is 11.8 Å². The summed E-state index contributed by atoms with van der Waals surface area (Å²) in [6, 6.07) is 12.6. The molecule has 0 radical (unpaired) electrons. The van der Waals surface area contributed by atoms with Crippen LogP contribution in [0.3, 0.4) is 0 Å². The number of carbonyl (C=O) groups excluding carboxylic acids is 1. The predicted molar refractivity (Wildman–Crippen MR) is 121 cm³/mol. The summed E-state index contributed by atoms with van der Waals surface area (Å²) in [5, 5.41) is 10.5. The average molecular weight is 484 g/mol. The van der Waals surface area contributed by atoms with Gasteiger partial charge in [0.1, 0.15) is 12.4 Å². The summed E-state index contributed by atoms with van der Waals surface area (Å²) in [6.45, 7) is 4.26. The lowest BCUT2D eigenvalue weighted by molar-refractivity contribution is -0.113. The Morgan fingerprint density at radius 2 is 2.06 bits per heavy atom. The molecule has 8 nitrogen and oxygen atoms in total. The number of fused-ring (bicyclic) bond motifs is 1. The molecule has 0 spiro atoms. The summed E-state index contributed by atoms with van der Waals surface area (Å²) < 4.78 is 13.7. The van der Waals surface area contributed by atoms with Crippen LogP contribution in [0.2, 0.25) is 0 Å². The highest BCUT2D eigenvalue weighted by Gasteiger charge is 2.34. The van der Waals surface area contributed by atoms with E-state index in [2.05, 4.69) is 36.6 Å². The molecule has 9 heteroatoms. The van der Waals surface area contributed by atoms with E-state index in [9.17, 15) is 4.79 Å². The summed E-state index contributed by atoms with van der Waals surface area (Å²) in [4.78, 5) is 17.6. The van der Waals surface area contributed by atoms with Crippen molar-refractivity contribution in [1.29, 1.82) is 0 Å². The predicted octanol–water partition coefficient (Wildman–Crippen LogP) is 4.38. The maximum absolute atomic E-state index is 13.4. The Morgan fingerprint density at radius 1 is 1.29 bits per heavy atom. The normalized spacial score (nSPS) is 15.2. The van der Waals surface area contributed by atoms with E-state index in [0.717, 1.165) is 10.0 Å². The second-order valence-corrected chi connectivity index (χ2v) is 7.74. The molecule has 160 valence electrons. The van der Waals surface area contributed by atoms with Gasteiger partial charge in [-0.05, 0) is 59.6 Å². The molecule has 3 aromatic rings. The molecule has 0 fully saturated rings. The van der Waals surface area contributed by atoms with Gasteiger partial charge in [0.2, 0.25) is 5.95 Å². The van der Waals surface area contributed by atoms with Crippen LogP contribution in [0.15, 0.2) is 64.5 Å². The third-order valence-electron chi connectivity index (χ3n) is 4.93. The summed E-state index contributed by atoms with van der Waals surface area (Å²) in [5.74, 6) is 1.50. The molecule has 2 N–H and O–H groups in total. The Hall–Kier alpha value is -3.33. The SMILES string of the molecule is CCOc1c(Br)cc([C@H]2C(C(=O)Nc3ccccc3)=C(C)Nc3ncnn32)cc1OC. The Kier molecular flexibility index (Phi) is 5.94. The highest BCUT2D eigenvalue weighted by Crippen LogP contribution is 2.42. The van der Waals surface area contributed by atoms with Gasteiger partial charge in [-0.15, -0.1) is 0 Å². The zero-order valence-corrected chi connectivity index (χ0v) is 18.9. The first-order valence-corrected chi connectivity index (χ1v) is 10.6. The third-order valence-corrected chi connectivity index (χ3v) is 5.52. The van der Waals surface area contributed by atoms with Crippen molar-refractivity contribution in [1.82, 2.24) is 14.8 Å². The summed E-state index contributed by atoms with van der Waals surface area (Å²) in [6.07, 6.45) is 1.46. The van der Waals surface area contributed by atoms with Crippen LogP contribution in [-0.2, 0) is 4.79 Å². The smallest absolute Gasteiger partial charge is 0.255 e. The third kappa shape index (κ3) is 4.00. The van der Waals surface area contributed by atoms with E-state index in [1.165, 1.54) is 6.33 Å². The average Bonchev–Trinajstić information content (AvgIpc) is 3.22. The number of carbonyl (C=O) groups is 1. The molecule has 1 amide bonds. The van der Waals surface area contributed by atoms with Gasteiger partial charge in [0.25, 0.3) is 5.91 Å². The zero-order valence-electron chi connectivity index (χ0n) is 17.3. The van der Waals surface area contributed by atoms with Gasteiger partial charge in [0.05, 0.1) is 23.8 Å². The molecule has 4 rings (SSSR count). The number of rotatable bonds is 6. The fraction of sp³-hybridized carbons (Fsp3) is 0.227. The van der Waals surface area contributed by atoms with Crippen molar-refractivity contribution in [3.05, 3.63) is 70.1 Å². The molecule has 0 aliphatic carbocycles. The molecule has 0 saturated carbocycles. The molecular weight excluding hydrogens is 462 g/mol. The number of amides is 1. The Balaban J connectivity index is 1.81. The lowest BCUT2D eigenvalue weighted by Crippen LogP contribution is -2.31. The lowest BCUT2D eigenvalue weighted by Gasteiger charge is -2.29. The molecular formula is C22H22BrN5O3. The first-order chi connectivity index (χ1) is 15.0. The largest absolute Gasteiger partial charge is 0.493 e. The van der Waals surface area contributed by atoms with Crippen LogP contribution < -0.4 is 20.1 Å². The monoisotopic (exact) mass is 483 g/mol. The quantitative estimate of drug-likeness (QED) is 0.540. The highest BCUT2D eigenvalue weighted by molar-refractivity contribution is 9.10. The molecule has 31 heavy (non-hydrogen) atoms. The van der Waals surface area contributed by atoms with Crippen molar-refractivity contribution in [2.75, 3.05) is 24.4 Å². The number of allylic oxidation sites excluding steroid dienone is 1. The molecule has 1 aromatic heterocycles. The molecule has 2 heterocycles. The van der Waals surface area contributed by atoms with Gasteiger partial charge < -0.3 is 20.1 Å². The van der Waals surface area contributed by atoms with Crippen molar-refractivity contribution >= 4 is 33.5 Å². The molecule has 1 atom stereocenters. The summed E-state index contributed by atoms with van der Waals surface area (Å²) in [5.41, 5.74) is 2.74. The minimum Gasteiger partial charge on any atom is -0.493 e. The fourth-order valence-electron chi connectivity index (χ4n) is 3.60. The van der Waals surface area contributed by atoms with Gasteiger partial charge in [-0.25, -0.2) is 4.68 Å². The van der Waals surface area contributed by atoms with Crippen LogP contribution in [0.1, 0.15) is 25.5 Å². The van der Waals surface area contributed by atoms with Crippen LogP contribution in [-0.4, -0.2) is 34.4 Å². The summed E-state index contributed by atoms with van der Waals surface area (Å²) in [7, 11) is 1.58. The standard InChI is InChI=1S/C22H22BrN5O3/c1-4-31-20-16(23)10-14(11-17(20)30-3)19-18(13(2)26-22-24-12-25-28(19)22)21(29)27-15-8-6-5-7-9-15/h5-12,19H,4H2,1-3H3,(H,27,29)(H,24,25,26)/t19-/m0/s1. The van der Waals surface area contributed by atoms with Crippen molar-refractivity contribution < 1.29 is 14.3 Å². The van der Waals surface area contributed by atoms with Crippen LogP contribution in [0.5, 0.6) is 11.5 Å². The number of para-hydroxylation sites is 1. The maximum Gasteiger partial charge on any atom is 0.255 e. The second-order valence-electron chi connectivity index (χ2n) is 6.88. The number of aromatic nitrogens is 3. The second kappa shape index (κ2) is 8.81. The molecule has 0 unspecified atom stereocenters. The number of nitrogens with zero attached hydrogens (tertiary/aromatic N) is 3. The van der Waals surface area contributed by atoms with Crippen molar-refractivity contribution in [3.8, 4) is 11.5 Å². The highest BCUT2D eigenvalue weighted by atomic mass is 79.9. The van der Waals surface area contributed by atoms with Crippen LogP contribution >= 0.6 is 15.9 Å². The van der Waals surface area contributed by atoms with Gasteiger partial charge in [-0.1, -0.05) is 18.2 Å². The van der Waals surface area contributed by atoms with Crippen molar-refractivity contribution in [2.24, 2.45) is 0 Å². The van der Waals surface area contributed by atoms with Crippen molar-refractivity contribution in [3.63, 3.8) is 0 Å². The number of benzene rings is 2. The molecule has 2 aromatic carbocycles. The number of halogens is 1. The number of ether oxygens (including phenoxy) is 2. The first-order valence-electron chi connectivity index (χ1n) is 9.77. The Morgan fingerprint density at radius 3 is 2.77 bits per heavy atom. The first kappa shape index (κ1) is 20.9. The zero-order chi connectivity index (χ0) is 22.0. The molecule has 1 aliphatic heterocycles. The minimum absolute atomic E-state index is 0.230. The molecule has 0 saturated heterocycles. The Labute approximate surface area is 188 Å². The number of methoxy groups -OCH3 is 1. The number of nitrogens with one attached hydrogen (secondary N) is 2.